The highest BCUT2D eigenvalue weighted by Gasteiger charge is 2.25. The fourth-order valence-corrected chi connectivity index (χ4v) is 4.64. The summed E-state index contributed by atoms with van der Waals surface area (Å²) in [5.74, 6) is 0.484. The molecule has 2 amide bonds. The minimum Gasteiger partial charge on any atom is -0.496 e. The number of fused-ring (bicyclic) bond motifs is 1. The molecule has 3 N–H and O–H groups in total. The first-order valence-electron chi connectivity index (χ1n) is 13.1. The average molecular weight is 528 g/mol. The summed E-state index contributed by atoms with van der Waals surface area (Å²) in [7, 11) is 5.05. The Labute approximate surface area is 229 Å². The lowest BCUT2D eigenvalue weighted by Gasteiger charge is -2.25. The van der Waals surface area contributed by atoms with Gasteiger partial charge in [0, 0.05) is 54.6 Å². The molecule has 2 aromatic carbocycles. The zero-order chi connectivity index (χ0) is 28.3. The normalized spacial score (nSPS) is 12.1. The van der Waals surface area contributed by atoms with Crippen molar-refractivity contribution in [1.82, 2.24) is 20.2 Å². The molecular weight excluding hydrogens is 490 g/mol. The van der Waals surface area contributed by atoms with Gasteiger partial charge in [-0.2, -0.15) is 0 Å². The van der Waals surface area contributed by atoms with Gasteiger partial charge >= 0.3 is 0 Å². The summed E-state index contributed by atoms with van der Waals surface area (Å²) < 4.78 is 5.58. The van der Waals surface area contributed by atoms with E-state index < -0.39 is 0 Å². The van der Waals surface area contributed by atoms with E-state index in [1.54, 1.807) is 33.5 Å². The highest BCUT2D eigenvalue weighted by atomic mass is 16.5. The molecule has 0 spiro atoms. The topological polar surface area (TPSA) is 99.3 Å². The van der Waals surface area contributed by atoms with E-state index in [1.807, 2.05) is 70.3 Å². The molecule has 0 fully saturated rings. The third-order valence-corrected chi connectivity index (χ3v) is 6.64. The number of amides is 2. The zero-order valence-electron chi connectivity index (χ0n) is 23.6. The maximum absolute atomic E-state index is 13.2. The molecule has 8 heteroatoms. The van der Waals surface area contributed by atoms with Crippen LogP contribution in [0.5, 0.6) is 5.75 Å². The predicted octanol–water partition coefficient (Wildman–Crippen LogP) is 5.57. The lowest BCUT2D eigenvalue weighted by Crippen LogP contribution is -2.47. The van der Waals surface area contributed by atoms with Gasteiger partial charge < -0.3 is 25.3 Å². The van der Waals surface area contributed by atoms with Crippen LogP contribution >= 0.6 is 0 Å². The summed E-state index contributed by atoms with van der Waals surface area (Å²) in [6.07, 6.45) is 3.71. The van der Waals surface area contributed by atoms with E-state index in [0.717, 1.165) is 39.0 Å². The molecule has 204 valence electrons. The van der Waals surface area contributed by atoms with Crippen molar-refractivity contribution in [3.05, 3.63) is 66.5 Å². The van der Waals surface area contributed by atoms with Crippen molar-refractivity contribution >= 4 is 28.5 Å². The number of para-hydroxylation sites is 1. The molecule has 8 nitrogen and oxygen atoms in total. The second kappa shape index (κ2) is 11.7. The van der Waals surface area contributed by atoms with E-state index >= 15 is 0 Å². The second-order valence-corrected chi connectivity index (χ2v) is 10.5. The van der Waals surface area contributed by atoms with Gasteiger partial charge in [-0.25, -0.2) is 4.98 Å². The SMILES string of the molecule is COc1ccccc1-c1c[nH]c2ncc(-c3ccc(NC(=O)[C@@H](NC(C)C)C(C)C)c(C(=O)N(C)C)c3)cc12. The maximum Gasteiger partial charge on any atom is 0.255 e. The van der Waals surface area contributed by atoms with Crippen molar-refractivity contribution in [1.29, 1.82) is 0 Å². The Morgan fingerprint density at radius 2 is 1.72 bits per heavy atom. The van der Waals surface area contributed by atoms with Crippen molar-refractivity contribution < 1.29 is 14.3 Å². The number of benzene rings is 2. The average Bonchev–Trinajstić information content (AvgIpc) is 3.34. The summed E-state index contributed by atoms with van der Waals surface area (Å²) in [4.78, 5) is 35.8. The van der Waals surface area contributed by atoms with Crippen LogP contribution < -0.4 is 15.4 Å². The van der Waals surface area contributed by atoms with Gasteiger partial charge in [0.05, 0.1) is 24.4 Å². The second-order valence-electron chi connectivity index (χ2n) is 10.5. The van der Waals surface area contributed by atoms with E-state index in [-0.39, 0.29) is 29.8 Å². The number of ether oxygens (including phenoxy) is 1. The van der Waals surface area contributed by atoms with E-state index in [2.05, 4.69) is 26.7 Å². The summed E-state index contributed by atoms with van der Waals surface area (Å²) >= 11 is 0. The number of nitrogens with zero attached hydrogens (tertiary/aromatic N) is 2. The van der Waals surface area contributed by atoms with E-state index in [1.165, 1.54) is 4.90 Å². The molecule has 0 saturated carbocycles. The molecular formula is C31H37N5O3. The molecule has 1 atom stereocenters. The van der Waals surface area contributed by atoms with Crippen molar-refractivity contribution in [2.45, 2.75) is 39.8 Å². The molecule has 0 saturated heterocycles. The molecule has 0 aliphatic rings. The molecule has 0 aliphatic heterocycles. The van der Waals surface area contributed by atoms with Crippen LogP contribution in [-0.2, 0) is 4.79 Å². The van der Waals surface area contributed by atoms with Gasteiger partial charge in [-0.05, 0) is 35.7 Å². The molecule has 2 heterocycles. The fraction of sp³-hybridized carbons (Fsp3) is 0.323. The summed E-state index contributed by atoms with van der Waals surface area (Å²) in [6, 6.07) is 15.2. The fourth-order valence-electron chi connectivity index (χ4n) is 4.64. The van der Waals surface area contributed by atoms with E-state index in [9.17, 15) is 9.59 Å². The predicted molar refractivity (Wildman–Crippen MR) is 157 cm³/mol. The number of carbonyl (C=O) groups is 2. The Morgan fingerprint density at radius 3 is 2.38 bits per heavy atom. The number of aromatic amines is 1. The largest absolute Gasteiger partial charge is 0.496 e. The number of rotatable bonds is 9. The first-order valence-corrected chi connectivity index (χ1v) is 13.1. The van der Waals surface area contributed by atoms with Crippen molar-refractivity contribution in [3.63, 3.8) is 0 Å². The van der Waals surface area contributed by atoms with Crippen molar-refractivity contribution in [2.75, 3.05) is 26.5 Å². The third kappa shape index (κ3) is 5.96. The minimum absolute atomic E-state index is 0.0799. The number of H-pyrrole nitrogens is 1. The maximum atomic E-state index is 13.2. The van der Waals surface area contributed by atoms with Gasteiger partial charge in [0.1, 0.15) is 11.4 Å². The number of carbonyl (C=O) groups excluding carboxylic acids is 2. The van der Waals surface area contributed by atoms with Crippen LogP contribution in [0.4, 0.5) is 5.69 Å². The first kappa shape index (κ1) is 27.9. The van der Waals surface area contributed by atoms with Gasteiger partial charge in [0.25, 0.3) is 5.91 Å². The van der Waals surface area contributed by atoms with Crippen LogP contribution in [0.3, 0.4) is 0 Å². The Kier molecular flexibility index (Phi) is 8.35. The lowest BCUT2D eigenvalue weighted by atomic mass is 9.98. The molecule has 4 aromatic rings. The zero-order valence-corrected chi connectivity index (χ0v) is 23.6. The molecule has 39 heavy (non-hydrogen) atoms. The van der Waals surface area contributed by atoms with Crippen molar-refractivity contribution in [3.8, 4) is 28.0 Å². The van der Waals surface area contributed by atoms with Crippen LogP contribution in [0.1, 0.15) is 38.1 Å². The quantitative estimate of drug-likeness (QED) is 0.264. The van der Waals surface area contributed by atoms with Crippen LogP contribution in [0, 0.1) is 5.92 Å². The van der Waals surface area contributed by atoms with Gasteiger partial charge in [-0.15, -0.1) is 0 Å². The lowest BCUT2D eigenvalue weighted by molar-refractivity contribution is -0.119. The summed E-state index contributed by atoms with van der Waals surface area (Å²) in [5.41, 5.74) is 5.25. The molecule has 0 unspecified atom stereocenters. The smallest absolute Gasteiger partial charge is 0.255 e. The monoisotopic (exact) mass is 527 g/mol. The van der Waals surface area contributed by atoms with Crippen molar-refractivity contribution in [2.24, 2.45) is 5.92 Å². The van der Waals surface area contributed by atoms with Gasteiger partial charge in [0.15, 0.2) is 0 Å². The Hall–Kier alpha value is -4.17. The number of pyridine rings is 1. The number of aromatic nitrogens is 2. The number of anilines is 1. The molecule has 4 rings (SSSR count). The van der Waals surface area contributed by atoms with Crippen LogP contribution in [0.15, 0.2) is 60.9 Å². The number of hydrogen-bond acceptors (Lipinski definition) is 5. The summed E-state index contributed by atoms with van der Waals surface area (Å²) in [5, 5.41) is 7.26. The molecule has 0 aliphatic carbocycles. The van der Waals surface area contributed by atoms with Gasteiger partial charge in [0.2, 0.25) is 5.91 Å². The number of hydrogen-bond donors (Lipinski definition) is 3. The third-order valence-electron chi connectivity index (χ3n) is 6.64. The number of methoxy groups -OCH3 is 1. The highest BCUT2D eigenvalue weighted by Crippen LogP contribution is 2.36. The summed E-state index contributed by atoms with van der Waals surface area (Å²) in [6.45, 7) is 8.01. The molecule has 0 radical (unpaired) electrons. The van der Waals surface area contributed by atoms with Gasteiger partial charge in [-0.3, -0.25) is 9.59 Å². The first-order chi connectivity index (χ1) is 18.6. The Bertz CT molecular complexity index is 1490. The Morgan fingerprint density at radius 1 is 0.974 bits per heavy atom. The van der Waals surface area contributed by atoms with E-state index in [0.29, 0.717) is 11.3 Å². The molecule has 0 bridgehead atoms. The van der Waals surface area contributed by atoms with Crippen LogP contribution in [0.25, 0.3) is 33.3 Å². The van der Waals surface area contributed by atoms with Gasteiger partial charge in [-0.1, -0.05) is 52.0 Å². The highest BCUT2D eigenvalue weighted by molar-refractivity contribution is 6.06. The van der Waals surface area contributed by atoms with Crippen LogP contribution in [0.2, 0.25) is 0 Å². The minimum atomic E-state index is -0.388. The van der Waals surface area contributed by atoms with E-state index in [4.69, 9.17) is 4.74 Å². The Balaban J connectivity index is 1.75. The van der Waals surface area contributed by atoms with Crippen LogP contribution in [-0.4, -0.2) is 60.0 Å². The number of nitrogens with one attached hydrogen (secondary N) is 3. The standard InChI is InChI=1S/C31H37N5O3/c1-18(2)28(34-19(3)4)30(37)35-26-13-12-20(14-24(26)31(38)36(5)6)21-15-23-25(17-33-29(23)32-16-21)22-10-8-9-11-27(22)39-7/h8-19,28,34H,1-7H3,(H,32,33)(H,35,37)/t28-/m0/s1. The molecule has 2 aromatic heterocycles.